The Labute approximate surface area is 402 Å². The van der Waals surface area contributed by atoms with Crippen molar-refractivity contribution in [1.82, 2.24) is 0 Å². The molecular formula is C49H78O20. The molecule has 9 rings (SSSR count). The van der Waals surface area contributed by atoms with Gasteiger partial charge in [0.05, 0.1) is 97.7 Å². The third-order valence-corrected chi connectivity index (χ3v) is 17.9. The van der Waals surface area contributed by atoms with E-state index in [1.54, 1.807) is 6.08 Å². The first-order chi connectivity index (χ1) is 33.0. The van der Waals surface area contributed by atoms with Crippen LogP contribution in [0, 0.1) is 41.4 Å². The lowest BCUT2D eigenvalue weighted by Crippen LogP contribution is -2.68. The molecule has 0 amide bonds. The first-order valence-corrected chi connectivity index (χ1v) is 25.7. The van der Waals surface area contributed by atoms with Gasteiger partial charge < -0.3 is 94.1 Å². The van der Waals surface area contributed by atoms with Gasteiger partial charge in [0.15, 0.2) is 6.29 Å². The Morgan fingerprint density at radius 1 is 0.522 bits per heavy atom. The number of fused-ring (bicyclic) bond motifs is 1. The number of methoxy groups -OCH3 is 2. The fourth-order valence-electron chi connectivity index (χ4n) is 14.2. The highest BCUT2D eigenvalue weighted by Crippen LogP contribution is 2.54. The summed E-state index contributed by atoms with van der Waals surface area (Å²) in [6, 6.07) is 0. The number of carbonyl (C=O) groups excluding carboxylic acids is 1. The third-order valence-electron chi connectivity index (χ3n) is 17.9. The molecule has 9 aliphatic rings. The van der Waals surface area contributed by atoms with Gasteiger partial charge in [-0.3, -0.25) is 0 Å². The summed E-state index contributed by atoms with van der Waals surface area (Å²) in [5.74, 6) is -3.47. The zero-order valence-electron chi connectivity index (χ0n) is 39.6. The van der Waals surface area contributed by atoms with Crippen molar-refractivity contribution in [3.63, 3.8) is 0 Å². The number of carbonyl (C=O) groups is 1. The zero-order valence-corrected chi connectivity index (χ0v) is 39.6. The Morgan fingerprint density at radius 3 is 1.88 bits per heavy atom. The normalized spacial score (nSPS) is 53.8. The number of aliphatic hydroxyl groups is 11. The molecule has 0 bridgehead atoms. The third kappa shape index (κ3) is 10.9. The second kappa shape index (κ2) is 22.1. The van der Waals surface area contributed by atoms with E-state index >= 15 is 0 Å². The molecule has 4 aliphatic heterocycles. The van der Waals surface area contributed by atoms with E-state index in [2.05, 4.69) is 0 Å². The van der Waals surface area contributed by atoms with Crippen molar-refractivity contribution in [1.29, 1.82) is 0 Å². The minimum absolute atomic E-state index is 0.00749. The van der Waals surface area contributed by atoms with Gasteiger partial charge >= 0.3 is 5.97 Å². The average molecular weight is 987 g/mol. The fraction of sp³-hybridized carbons (Fsp3) is 0.939. The van der Waals surface area contributed by atoms with Crippen molar-refractivity contribution in [2.24, 2.45) is 41.4 Å². The monoisotopic (exact) mass is 987 g/mol. The molecule has 0 aromatic heterocycles. The van der Waals surface area contributed by atoms with Gasteiger partial charge in [-0.25, -0.2) is 4.79 Å². The van der Waals surface area contributed by atoms with Crippen LogP contribution in [0.4, 0.5) is 0 Å². The molecule has 0 radical (unpaired) electrons. The standard InChI is InChI=1S/C49H78O20/c1-62-35-12-22(13-36(63-2)41(35)58)46-48(69-49-44(61)43(60)42(59)37(67-49)19-64-38(57)10-5-20-3-7-23(50)8-4-20)26-17-34(65-32-14-24(51)15-33(66-46)39(26)32)40-30(55)18-28(53)25-16-31(56)45(68-47(25)40)21-6-9-27(52)29(54)11-21/h5,10,20-37,39-56,58-61H,3-4,6-9,11-19H2,1-2H3. The van der Waals surface area contributed by atoms with Gasteiger partial charge in [-0.05, 0) is 107 Å². The molecule has 69 heavy (non-hydrogen) atoms. The van der Waals surface area contributed by atoms with Gasteiger partial charge in [-0.1, -0.05) is 6.08 Å². The molecule has 20 heteroatoms. The number of ether oxygens (including phenoxy) is 8. The van der Waals surface area contributed by atoms with E-state index in [9.17, 15) is 61.0 Å². The van der Waals surface area contributed by atoms with Crippen LogP contribution in [0.1, 0.15) is 89.9 Å². The summed E-state index contributed by atoms with van der Waals surface area (Å²) in [6.45, 7) is -0.485. The summed E-state index contributed by atoms with van der Waals surface area (Å²) in [6.07, 6.45) is -13.4. The number of aliphatic hydroxyl groups excluding tert-OH is 11. The first-order valence-electron chi connectivity index (χ1n) is 25.7. The van der Waals surface area contributed by atoms with E-state index in [0.717, 1.165) is 12.8 Å². The highest BCUT2D eigenvalue weighted by atomic mass is 16.7. The van der Waals surface area contributed by atoms with Crippen LogP contribution in [-0.4, -0.2) is 217 Å². The Morgan fingerprint density at radius 2 is 1.20 bits per heavy atom. The van der Waals surface area contributed by atoms with Crippen molar-refractivity contribution < 1.29 is 98.9 Å². The Kier molecular flexibility index (Phi) is 16.8. The van der Waals surface area contributed by atoms with Crippen LogP contribution in [0.5, 0.6) is 0 Å². The Balaban J connectivity index is 1.01. The van der Waals surface area contributed by atoms with Crippen molar-refractivity contribution in [3.05, 3.63) is 12.2 Å². The SMILES string of the molecule is COC1CC(C2OC3CC(O)CC4OC(C5C(O)CC(O)C6CC(O)C(C7CCC(O)C(O)C7)OC65)CC(C2OC2OC(COC(=O)C=CC5CCC(O)CC5)C(O)C(O)C2O)C43)CC(OC)C1O. The number of esters is 1. The molecule has 0 aromatic carbocycles. The largest absolute Gasteiger partial charge is 0.460 e. The lowest BCUT2D eigenvalue weighted by molar-refractivity contribution is -0.355. The lowest BCUT2D eigenvalue weighted by atomic mass is 9.61. The molecule has 5 aliphatic carbocycles. The van der Waals surface area contributed by atoms with Gasteiger partial charge in [-0.15, -0.1) is 0 Å². The molecule has 9 fully saturated rings. The summed E-state index contributed by atoms with van der Waals surface area (Å²) in [5.41, 5.74) is 0. The molecule has 4 saturated heterocycles. The van der Waals surface area contributed by atoms with E-state index in [4.69, 9.17) is 37.9 Å². The zero-order chi connectivity index (χ0) is 49.0. The summed E-state index contributed by atoms with van der Waals surface area (Å²) in [7, 11) is 3.00. The molecule has 25 atom stereocenters. The van der Waals surface area contributed by atoms with Gasteiger partial charge in [0.25, 0.3) is 0 Å². The molecule has 20 nitrogen and oxygen atoms in total. The van der Waals surface area contributed by atoms with E-state index in [-0.39, 0.29) is 62.4 Å². The van der Waals surface area contributed by atoms with Crippen LogP contribution < -0.4 is 0 Å². The van der Waals surface area contributed by atoms with Crippen LogP contribution >= 0.6 is 0 Å². The summed E-state index contributed by atoms with van der Waals surface area (Å²) in [5, 5.41) is 122. The highest BCUT2D eigenvalue weighted by Gasteiger charge is 2.62. The van der Waals surface area contributed by atoms with Crippen molar-refractivity contribution in [2.75, 3.05) is 20.8 Å². The van der Waals surface area contributed by atoms with Crippen LogP contribution in [0.2, 0.25) is 0 Å². The van der Waals surface area contributed by atoms with E-state index in [1.807, 2.05) is 0 Å². The molecule has 0 spiro atoms. The lowest BCUT2D eigenvalue weighted by Gasteiger charge is -2.60. The maximum atomic E-state index is 12.9. The molecule has 4 heterocycles. The van der Waals surface area contributed by atoms with Crippen LogP contribution in [-0.2, 0) is 42.7 Å². The first kappa shape index (κ1) is 52.4. The van der Waals surface area contributed by atoms with Gasteiger partial charge in [0.1, 0.15) is 37.1 Å². The highest BCUT2D eigenvalue weighted by molar-refractivity contribution is 5.81. The average Bonchev–Trinajstić information content (AvgIpc) is 3.32. The number of hydrogen-bond acceptors (Lipinski definition) is 20. The predicted octanol–water partition coefficient (Wildman–Crippen LogP) is -1.66. The predicted molar refractivity (Wildman–Crippen MR) is 236 cm³/mol. The van der Waals surface area contributed by atoms with E-state index < -0.39 is 165 Å². The molecule has 394 valence electrons. The topological polar surface area (TPSA) is 313 Å². The quantitative estimate of drug-likeness (QED) is 0.0816. The van der Waals surface area contributed by atoms with Crippen molar-refractivity contribution >= 4 is 5.97 Å². The second-order valence-corrected chi connectivity index (χ2v) is 22.1. The minimum atomic E-state index is -1.78. The van der Waals surface area contributed by atoms with Crippen LogP contribution in [0.15, 0.2) is 12.2 Å². The maximum Gasteiger partial charge on any atom is 0.330 e. The minimum Gasteiger partial charge on any atom is -0.460 e. The van der Waals surface area contributed by atoms with Crippen molar-refractivity contribution in [2.45, 2.75) is 224 Å². The fourth-order valence-corrected chi connectivity index (χ4v) is 14.2. The van der Waals surface area contributed by atoms with Gasteiger partial charge in [0, 0.05) is 44.5 Å². The Hall–Kier alpha value is -1.51. The second-order valence-electron chi connectivity index (χ2n) is 22.1. The van der Waals surface area contributed by atoms with E-state index in [1.165, 1.54) is 20.3 Å². The summed E-state index contributed by atoms with van der Waals surface area (Å²) >= 11 is 0. The van der Waals surface area contributed by atoms with Crippen LogP contribution in [0.25, 0.3) is 0 Å². The van der Waals surface area contributed by atoms with Gasteiger partial charge in [0.2, 0.25) is 0 Å². The number of hydrogen-bond donors (Lipinski definition) is 11. The number of rotatable bonds is 11. The summed E-state index contributed by atoms with van der Waals surface area (Å²) < 4.78 is 51.0. The molecular weight excluding hydrogens is 909 g/mol. The smallest absolute Gasteiger partial charge is 0.330 e. The number of allylic oxidation sites excluding steroid dienone is 1. The maximum absolute atomic E-state index is 12.9. The van der Waals surface area contributed by atoms with E-state index in [0.29, 0.717) is 38.5 Å². The molecule has 5 saturated carbocycles. The molecule has 25 unspecified atom stereocenters. The molecule has 0 aromatic rings. The molecule has 11 N–H and O–H groups in total. The van der Waals surface area contributed by atoms with Crippen LogP contribution in [0.3, 0.4) is 0 Å². The van der Waals surface area contributed by atoms with Crippen molar-refractivity contribution in [3.8, 4) is 0 Å². The van der Waals surface area contributed by atoms with Gasteiger partial charge in [-0.2, -0.15) is 0 Å². The summed E-state index contributed by atoms with van der Waals surface area (Å²) in [4.78, 5) is 12.9. The Bertz CT molecular complexity index is 1700.